The maximum Gasteiger partial charge on any atom is 0.0746 e. The third kappa shape index (κ3) is 4.25. The predicted octanol–water partition coefficient (Wildman–Crippen LogP) is 2.14. The van der Waals surface area contributed by atoms with Gasteiger partial charge < -0.3 is 9.47 Å². The lowest BCUT2D eigenvalue weighted by Crippen LogP contribution is -2.39. The molecule has 0 bridgehead atoms. The van der Waals surface area contributed by atoms with Gasteiger partial charge in [0.15, 0.2) is 0 Å². The second-order valence-corrected chi connectivity index (χ2v) is 6.26. The standard InChI is InChI=1S/C17H26N2O2/c1-20-9-10-21-17-6-8-19(13-14-4-5-14)16(17)11-15-3-2-7-18-12-15/h2-3,7,12,14,16-17H,4-6,8-11,13H2,1H3/t16-,17+/m1/s1. The summed E-state index contributed by atoms with van der Waals surface area (Å²) in [5.74, 6) is 0.930. The van der Waals surface area contributed by atoms with E-state index < -0.39 is 0 Å². The van der Waals surface area contributed by atoms with E-state index in [-0.39, 0.29) is 0 Å². The Balaban J connectivity index is 1.61. The van der Waals surface area contributed by atoms with Gasteiger partial charge in [0.1, 0.15) is 0 Å². The van der Waals surface area contributed by atoms with Crippen LogP contribution >= 0.6 is 0 Å². The molecule has 3 rings (SSSR count). The van der Waals surface area contributed by atoms with Gasteiger partial charge in [-0.25, -0.2) is 0 Å². The minimum atomic E-state index is 0.333. The Labute approximate surface area is 127 Å². The fourth-order valence-corrected chi connectivity index (χ4v) is 3.24. The molecule has 1 saturated carbocycles. The van der Waals surface area contributed by atoms with Gasteiger partial charge in [0.2, 0.25) is 0 Å². The van der Waals surface area contributed by atoms with Crippen molar-refractivity contribution in [3.05, 3.63) is 30.1 Å². The van der Waals surface area contributed by atoms with Crippen molar-refractivity contribution in [1.29, 1.82) is 0 Å². The van der Waals surface area contributed by atoms with Crippen LogP contribution in [-0.2, 0) is 15.9 Å². The molecule has 1 aromatic rings. The van der Waals surface area contributed by atoms with Crippen LogP contribution in [0.4, 0.5) is 0 Å². The van der Waals surface area contributed by atoms with Crippen LogP contribution in [0.5, 0.6) is 0 Å². The number of nitrogens with zero attached hydrogens (tertiary/aromatic N) is 2. The maximum atomic E-state index is 6.07. The molecule has 0 amide bonds. The quantitative estimate of drug-likeness (QED) is 0.687. The number of hydrogen-bond donors (Lipinski definition) is 0. The van der Waals surface area contributed by atoms with Gasteiger partial charge in [-0.15, -0.1) is 0 Å². The summed E-state index contributed by atoms with van der Waals surface area (Å²) in [5, 5.41) is 0. The first-order valence-corrected chi connectivity index (χ1v) is 8.10. The second kappa shape index (κ2) is 7.34. The monoisotopic (exact) mass is 290 g/mol. The number of ether oxygens (including phenoxy) is 2. The number of likely N-dealkylation sites (tertiary alicyclic amines) is 1. The van der Waals surface area contributed by atoms with Crippen LogP contribution in [0.1, 0.15) is 24.8 Å². The Morgan fingerprint density at radius 2 is 2.19 bits per heavy atom. The first-order valence-electron chi connectivity index (χ1n) is 8.10. The minimum absolute atomic E-state index is 0.333. The maximum absolute atomic E-state index is 6.07. The molecular weight excluding hydrogens is 264 g/mol. The number of pyridine rings is 1. The molecule has 2 aliphatic rings. The van der Waals surface area contributed by atoms with E-state index in [0.29, 0.717) is 25.4 Å². The predicted molar refractivity (Wildman–Crippen MR) is 82.3 cm³/mol. The summed E-state index contributed by atoms with van der Waals surface area (Å²) in [6.07, 6.45) is 9.15. The number of hydrogen-bond acceptors (Lipinski definition) is 4. The van der Waals surface area contributed by atoms with Crippen LogP contribution in [0.15, 0.2) is 24.5 Å². The third-order valence-electron chi connectivity index (χ3n) is 4.58. The van der Waals surface area contributed by atoms with E-state index in [1.54, 1.807) is 7.11 Å². The Morgan fingerprint density at radius 1 is 1.29 bits per heavy atom. The zero-order chi connectivity index (χ0) is 14.5. The van der Waals surface area contributed by atoms with E-state index in [0.717, 1.165) is 18.8 Å². The van der Waals surface area contributed by atoms with Gasteiger partial charge in [0.05, 0.1) is 19.3 Å². The summed E-state index contributed by atoms with van der Waals surface area (Å²) in [6, 6.07) is 4.69. The lowest BCUT2D eigenvalue weighted by Gasteiger charge is -2.28. The number of aromatic nitrogens is 1. The topological polar surface area (TPSA) is 34.6 Å². The summed E-state index contributed by atoms with van der Waals surface area (Å²) < 4.78 is 11.2. The molecule has 0 unspecified atom stereocenters. The molecule has 1 saturated heterocycles. The van der Waals surface area contributed by atoms with Crippen molar-refractivity contribution in [2.45, 2.75) is 37.8 Å². The Kier molecular flexibility index (Phi) is 5.22. The van der Waals surface area contributed by atoms with E-state index in [4.69, 9.17) is 9.47 Å². The van der Waals surface area contributed by atoms with E-state index in [2.05, 4.69) is 16.0 Å². The van der Waals surface area contributed by atoms with Gasteiger partial charge in [-0.1, -0.05) is 6.07 Å². The molecule has 0 N–H and O–H groups in total. The molecule has 21 heavy (non-hydrogen) atoms. The number of methoxy groups -OCH3 is 1. The molecule has 2 heterocycles. The Morgan fingerprint density at radius 3 is 2.90 bits per heavy atom. The minimum Gasteiger partial charge on any atom is -0.382 e. The van der Waals surface area contributed by atoms with Gasteiger partial charge in [-0.3, -0.25) is 9.88 Å². The fraction of sp³-hybridized carbons (Fsp3) is 0.706. The van der Waals surface area contributed by atoms with Crippen molar-refractivity contribution >= 4 is 0 Å². The Hall–Kier alpha value is -0.970. The molecule has 116 valence electrons. The van der Waals surface area contributed by atoms with Crippen LogP contribution in [0.2, 0.25) is 0 Å². The van der Waals surface area contributed by atoms with Gasteiger partial charge in [-0.2, -0.15) is 0 Å². The fourth-order valence-electron chi connectivity index (χ4n) is 3.24. The van der Waals surface area contributed by atoms with Crippen LogP contribution in [0.25, 0.3) is 0 Å². The highest BCUT2D eigenvalue weighted by Crippen LogP contribution is 2.33. The molecule has 0 spiro atoms. The zero-order valence-corrected chi connectivity index (χ0v) is 12.9. The summed E-state index contributed by atoms with van der Waals surface area (Å²) in [6.45, 7) is 3.79. The van der Waals surface area contributed by atoms with Crippen LogP contribution in [-0.4, -0.2) is 55.4 Å². The molecule has 2 fully saturated rings. The van der Waals surface area contributed by atoms with E-state index >= 15 is 0 Å². The molecule has 1 aliphatic carbocycles. The first kappa shape index (κ1) is 14.9. The average Bonchev–Trinajstić information content (AvgIpc) is 3.25. The molecule has 1 aromatic heterocycles. The molecule has 4 heteroatoms. The van der Waals surface area contributed by atoms with E-state index in [1.165, 1.54) is 31.5 Å². The smallest absolute Gasteiger partial charge is 0.0746 e. The van der Waals surface area contributed by atoms with Gasteiger partial charge in [0, 0.05) is 38.6 Å². The van der Waals surface area contributed by atoms with Crippen molar-refractivity contribution in [2.24, 2.45) is 5.92 Å². The van der Waals surface area contributed by atoms with Gasteiger partial charge in [-0.05, 0) is 43.2 Å². The molecule has 4 nitrogen and oxygen atoms in total. The van der Waals surface area contributed by atoms with E-state index in [1.807, 2.05) is 18.5 Å². The largest absolute Gasteiger partial charge is 0.382 e. The summed E-state index contributed by atoms with van der Waals surface area (Å²) in [5.41, 5.74) is 1.31. The highest BCUT2D eigenvalue weighted by Gasteiger charge is 2.37. The highest BCUT2D eigenvalue weighted by molar-refractivity contribution is 5.12. The molecule has 1 aliphatic heterocycles. The summed E-state index contributed by atoms with van der Waals surface area (Å²) >= 11 is 0. The van der Waals surface area contributed by atoms with Crippen LogP contribution in [0.3, 0.4) is 0 Å². The first-order chi connectivity index (χ1) is 10.4. The van der Waals surface area contributed by atoms with E-state index in [9.17, 15) is 0 Å². The van der Waals surface area contributed by atoms with Crippen molar-refractivity contribution < 1.29 is 9.47 Å². The highest BCUT2D eigenvalue weighted by atomic mass is 16.5. The summed E-state index contributed by atoms with van der Waals surface area (Å²) in [7, 11) is 1.73. The van der Waals surface area contributed by atoms with Crippen LogP contribution < -0.4 is 0 Å². The molecule has 0 radical (unpaired) electrons. The third-order valence-corrected chi connectivity index (χ3v) is 4.58. The average molecular weight is 290 g/mol. The van der Waals surface area contributed by atoms with Gasteiger partial charge in [0.25, 0.3) is 0 Å². The van der Waals surface area contributed by atoms with Crippen LogP contribution in [0, 0.1) is 5.92 Å². The number of rotatable bonds is 8. The van der Waals surface area contributed by atoms with Crippen molar-refractivity contribution in [3.63, 3.8) is 0 Å². The zero-order valence-electron chi connectivity index (χ0n) is 12.9. The lowest BCUT2D eigenvalue weighted by atomic mass is 10.0. The Bertz CT molecular complexity index is 422. The normalized spacial score (nSPS) is 26.3. The summed E-state index contributed by atoms with van der Waals surface area (Å²) in [4.78, 5) is 6.89. The SMILES string of the molecule is COCCO[C@H]1CCN(CC2CC2)[C@@H]1Cc1cccnc1. The molecule has 2 atom stereocenters. The van der Waals surface area contributed by atoms with Crippen molar-refractivity contribution in [3.8, 4) is 0 Å². The van der Waals surface area contributed by atoms with Crippen molar-refractivity contribution in [1.82, 2.24) is 9.88 Å². The van der Waals surface area contributed by atoms with Crippen molar-refractivity contribution in [2.75, 3.05) is 33.4 Å². The molecule has 0 aromatic carbocycles. The van der Waals surface area contributed by atoms with Gasteiger partial charge >= 0.3 is 0 Å². The second-order valence-electron chi connectivity index (χ2n) is 6.26. The lowest BCUT2D eigenvalue weighted by molar-refractivity contribution is -0.000875. The molecular formula is C17H26N2O2.